The number of fused-ring (bicyclic) bond motifs is 1. The van der Waals surface area contributed by atoms with Gasteiger partial charge in [0.15, 0.2) is 0 Å². The van der Waals surface area contributed by atoms with Crippen LogP contribution in [0.15, 0.2) is 54.6 Å². The zero-order chi connectivity index (χ0) is 15.4. The zero-order valence-electron chi connectivity index (χ0n) is 12.0. The van der Waals surface area contributed by atoms with E-state index in [2.05, 4.69) is 22.1 Å². The highest BCUT2D eigenvalue weighted by molar-refractivity contribution is 5.91. The SMILES string of the molecule is O=C(O)/C=C\c1cccc2[nH]c(CCc3ccccc3)nc12. The van der Waals surface area contributed by atoms with Gasteiger partial charge in [-0.1, -0.05) is 42.5 Å². The number of aromatic nitrogens is 2. The lowest BCUT2D eigenvalue weighted by atomic mass is 10.1. The minimum Gasteiger partial charge on any atom is -0.478 e. The van der Waals surface area contributed by atoms with Crippen molar-refractivity contribution in [1.82, 2.24) is 9.97 Å². The van der Waals surface area contributed by atoms with Crippen molar-refractivity contribution >= 4 is 23.1 Å². The predicted molar refractivity (Wildman–Crippen MR) is 86.6 cm³/mol. The van der Waals surface area contributed by atoms with Crippen LogP contribution < -0.4 is 0 Å². The molecule has 0 spiro atoms. The van der Waals surface area contributed by atoms with Gasteiger partial charge in [0.05, 0.1) is 11.0 Å². The first-order chi connectivity index (χ1) is 10.7. The summed E-state index contributed by atoms with van der Waals surface area (Å²) in [5.41, 5.74) is 3.81. The molecule has 110 valence electrons. The summed E-state index contributed by atoms with van der Waals surface area (Å²) >= 11 is 0. The molecule has 0 unspecified atom stereocenters. The molecule has 0 radical (unpaired) electrons. The number of carboxylic acids is 1. The molecular weight excluding hydrogens is 276 g/mol. The lowest BCUT2D eigenvalue weighted by Gasteiger charge is -1.97. The minimum atomic E-state index is -0.961. The molecule has 0 atom stereocenters. The van der Waals surface area contributed by atoms with Crippen LogP contribution in [0.4, 0.5) is 0 Å². The Labute approximate surface area is 128 Å². The summed E-state index contributed by atoms with van der Waals surface area (Å²) in [6, 6.07) is 16.0. The van der Waals surface area contributed by atoms with E-state index in [-0.39, 0.29) is 0 Å². The number of imidazole rings is 1. The average Bonchev–Trinajstić information content (AvgIpc) is 2.95. The molecule has 0 fully saturated rings. The summed E-state index contributed by atoms with van der Waals surface area (Å²) in [6.07, 6.45) is 4.45. The lowest BCUT2D eigenvalue weighted by molar-refractivity contribution is -0.131. The van der Waals surface area contributed by atoms with Crippen LogP contribution >= 0.6 is 0 Å². The van der Waals surface area contributed by atoms with Gasteiger partial charge in [0.1, 0.15) is 5.82 Å². The standard InChI is InChI=1S/C18H16N2O2/c21-17(22)12-10-14-7-4-8-15-18(14)20-16(19-15)11-9-13-5-2-1-3-6-13/h1-8,10,12H,9,11H2,(H,19,20)(H,21,22)/b12-10-. The van der Waals surface area contributed by atoms with Crippen molar-refractivity contribution in [1.29, 1.82) is 0 Å². The average molecular weight is 292 g/mol. The Balaban J connectivity index is 1.83. The molecule has 4 nitrogen and oxygen atoms in total. The van der Waals surface area contributed by atoms with E-state index >= 15 is 0 Å². The predicted octanol–water partition coefficient (Wildman–Crippen LogP) is 3.45. The number of carbonyl (C=O) groups is 1. The Bertz CT molecular complexity index is 819. The van der Waals surface area contributed by atoms with E-state index in [9.17, 15) is 4.79 Å². The van der Waals surface area contributed by atoms with Crippen molar-refractivity contribution in [2.45, 2.75) is 12.8 Å². The number of rotatable bonds is 5. The fourth-order valence-corrected chi connectivity index (χ4v) is 2.43. The summed E-state index contributed by atoms with van der Waals surface area (Å²) in [7, 11) is 0. The van der Waals surface area contributed by atoms with Crippen LogP contribution in [0.2, 0.25) is 0 Å². The van der Waals surface area contributed by atoms with E-state index in [0.29, 0.717) is 0 Å². The van der Waals surface area contributed by atoms with Gasteiger partial charge in [-0.05, 0) is 24.1 Å². The molecule has 1 heterocycles. The normalized spacial score (nSPS) is 11.3. The summed E-state index contributed by atoms with van der Waals surface area (Å²) in [5, 5.41) is 8.75. The third kappa shape index (κ3) is 3.23. The number of hydrogen-bond acceptors (Lipinski definition) is 2. The molecule has 22 heavy (non-hydrogen) atoms. The maximum Gasteiger partial charge on any atom is 0.328 e. The molecule has 0 saturated heterocycles. The molecule has 0 aliphatic rings. The molecule has 0 aliphatic carbocycles. The van der Waals surface area contributed by atoms with Gasteiger partial charge in [0.2, 0.25) is 0 Å². The number of aliphatic carboxylic acids is 1. The maximum absolute atomic E-state index is 10.7. The van der Waals surface area contributed by atoms with Crippen LogP contribution in [0.1, 0.15) is 17.0 Å². The second-order valence-electron chi connectivity index (χ2n) is 5.08. The highest BCUT2D eigenvalue weighted by Crippen LogP contribution is 2.18. The van der Waals surface area contributed by atoms with Crippen LogP contribution in [-0.2, 0) is 17.6 Å². The molecule has 0 bridgehead atoms. The van der Waals surface area contributed by atoms with Gasteiger partial charge >= 0.3 is 5.97 Å². The van der Waals surface area contributed by atoms with Crippen molar-refractivity contribution in [3.63, 3.8) is 0 Å². The summed E-state index contributed by atoms with van der Waals surface area (Å²) in [5.74, 6) is -0.0492. The van der Waals surface area contributed by atoms with E-state index in [1.807, 2.05) is 36.4 Å². The first kappa shape index (κ1) is 14.1. The number of carboxylic acid groups (broad SMARTS) is 1. The Morgan fingerprint density at radius 1 is 1.09 bits per heavy atom. The molecule has 0 saturated carbocycles. The van der Waals surface area contributed by atoms with Gasteiger partial charge in [0, 0.05) is 18.1 Å². The topological polar surface area (TPSA) is 66.0 Å². The molecule has 2 aromatic carbocycles. The van der Waals surface area contributed by atoms with Crippen LogP contribution in [0, 0.1) is 0 Å². The number of aromatic amines is 1. The molecule has 4 heteroatoms. The third-order valence-electron chi connectivity index (χ3n) is 3.49. The van der Waals surface area contributed by atoms with E-state index in [0.717, 1.165) is 41.3 Å². The third-order valence-corrected chi connectivity index (χ3v) is 3.49. The van der Waals surface area contributed by atoms with Crippen molar-refractivity contribution < 1.29 is 9.90 Å². The smallest absolute Gasteiger partial charge is 0.328 e. The first-order valence-corrected chi connectivity index (χ1v) is 7.15. The van der Waals surface area contributed by atoms with Gasteiger partial charge < -0.3 is 10.1 Å². The van der Waals surface area contributed by atoms with Gasteiger partial charge in [-0.3, -0.25) is 0 Å². The number of H-pyrrole nitrogens is 1. The molecule has 0 aliphatic heterocycles. The number of nitrogens with one attached hydrogen (secondary N) is 1. The maximum atomic E-state index is 10.7. The second kappa shape index (κ2) is 6.26. The second-order valence-corrected chi connectivity index (χ2v) is 5.08. The van der Waals surface area contributed by atoms with E-state index in [4.69, 9.17) is 5.11 Å². The number of nitrogens with zero attached hydrogens (tertiary/aromatic N) is 1. The summed E-state index contributed by atoms with van der Waals surface area (Å²) in [6.45, 7) is 0. The quantitative estimate of drug-likeness (QED) is 0.708. The number of hydrogen-bond donors (Lipinski definition) is 2. The lowest BCUT2D eigenvalue weighted by Crippen LogP contribution is -1.92. The Hall–Kier alpha value is -2.88. The highest BCUT2D eigenvalue weighted by Gasteiger charge is 2.06. The van der Waals surface area contributed by atoms with Gasteiger partial charge in [-0.2, -0.15) is 0 Å². The summed E-state index contributed by atoms with van der Waals surface area (Å²) in [4.78, 5) is 18.6. The van der Waals surface area contributed by atoms with E-state index in [1.54, 1.807) is 6.08 Å². The van der Waals surface area contributed by atoms with Gasteiger partial charge in [-0.25, -0.2) is 9.78 Å². The minimum absolute atomic E-state index is 0.808. The van der Waals surface area contributed by atoms with Crippen LogP contribution in [-0.4, -0.2) is 21.0 Å². The van der Waals surface area contributed by atoms with Crippen molar-refractivity contribution in [2.75, 3.05) is 0 Å². The Morgan fingerprint density at radius 3 is 2.68 bits per heavy atom. The first-order valence-electron chi connectivity index (χ1n) is 7.15. The number of aryl methyl sites for hydroxylation is 2. The van der Waals surface area contributed by atoms with E-state index in [1.165, 1.54) is 5.56 Å². The largest absolute Gasteiger partial charge is 0.478 e. The summed E-state index contributed by atoms with van der Waals surface area (Å²) < 4.78 is 0. The highest BCUT2D eigenvalue weighted by atomic mass is 16.4. The van der Waals surface area contributed by atoms with Crippen molar-refractivity contribution in [3.8, 4) is 0 Å². The fourth-order valence-electron chi connectivity index (χ4n) is 2.43. The van der Waals surface area contributed by atoms with Gasteiger partial charge in [0.25, 0.3) is 0 Å². The Morgan fingerprint density at radius 2 is 1.91 bits per heavy atom. The molecule has 2 N–H and O–H groups in total. The molecule has 1 aromatic heterocycles. The molecular formula is C18H16N2O2. The van der Waals surface area contributed by atoms with Gasteiger partial charge in [-0.15, -0.1) is 0 Å². The van der Waals surface area contributed by atoms with Crippen LogP contribution in [0.5, 0.6) is 0 Å². The Kier molecular flexibility index (Phi) is 4.01. The number of para-hydroxylation sites is 1. The molecule has 3 aromatic rings. The number of benzene rings is 2. The molecule has 0 amide bonds. The van der Waals surface area contributed by atoms with Crippen LogP contribution in [0.25, 0.3) is 17.1 Å². The fraction of sp³-hybridized carbons (Fsp3) is 0.111. The van der Waals surface area contributed by atoms with Crippen molar-refractivity contribution in [2.24, 2.45) is 0 Å². The zero-order valence-corrected chi connectivity index (χ0v) is 12.0. The van der Waals surface area contributed by atoms with Crippen molar-refractivity contribution in [3.05, 3.63) is 71.6 Å². The molecule has 3 rings (SSSR count). The monoisotopic (exact) mass is 292 g/mol. The van der Waals surface area contributed by atoms with E-state index < -0.39 is 5.97 Å². The van der Waals surface area contributed by atoms with Crippen LogP contribution in [0.3, 0.4) is 0 Å².